The van der Waals surface area contributed by atoms with E-state index in [1.165, 1.54) is 9.80 Å². The normalized spacial score (nSPS) is 22.9. The molecule has 0 radical (unpaired) electrons. The van der Waals surface area contributed by atoms with Gasteiger partial charge in [0.15, 0.2) is 0 Å². The molecule has 11 heteroatoms. The summed E-state index contributed by atoms with van der Waals surface area (Å²) in [6.45, 7) is 4.52. The maximum absolute atomic E-state index is 13.5. The number of unbranched alkanes of at least 4 members (excludes halogenated alkanes) is 1. The molecule has 11 nitrogen and oxygen atoms in total. The van der Waals surface area contributed by atoms with E-state index < -0.39 is 17.9 Å². The van der Waals surface area contributed by atoms with Crippen molar-refractivity contribution in [3.63, 3.8) is 0 Å². The molecule has 0 bridgehead atoms. The first kappa shape index (κ1) is 29.8. The summed E-state index contributed by atoms with van der Waals surface area (Å²) in [5, 5.41) is 19.8. The fourth-order valence-electron chi connectivity index (χ4n) is 6.16. The number of rotatable bonds is 13. The number of nitrogens with zero attached hydrogens (tertiary/aromatic N) is 4. The van der Waals surface area contributed by atoms with Crippen molar-refractivity contribution in [3.05, 3.63) is 29.3 Å². The van der Waals surface area contributed by atoms with Crippen LogP contribution in [0.4, 0.5) is 4.79 Å². The molecule has 3 heterocycles. The molecule has 3 aliphatic rings. The number of carboxylic acid groups (broad SMARTS) is 1. The van der Waals surface area contributed by atoms with Gasteiger partial charge in [-0.3, -0.25) is 24.2 Å². The largest absolute Gasteiger partial charge is 0.493 e. The van der Waals surface area contributed by atoms with E-state index in [1.807, 2.05) is 23.1 Å². The van der Waals surface area contributed by atoms with Crippen LogP contribution in [0, 0.1) is 5.92 Å². The molecular formula is C29H42N4O7. The lowest BCUT2D eigenvalue weighted by Gasteiger charge is -2.34. The van der Waals surface area contributed by atoms with Gasteiger partial charge < -0.3 is 24.7 Å². The Morgan fingerprint density at radius 1 is 1.15 bits per heavy atom. The van der Waals surface area contributed by atoms with Crippen LogP contribution in [0.5, 0.6) is 5.75 Å². The number of carbonyl (C=O) groups is 4. The van der Waals surface area contributed by atoms with Crippen molar-refractivity contribution in [2.24, 2.45) is 5.92 Å². The minimum Gasteiger partial charge on any atom is -0.493 e. The number of carbonyl (C=O) groups excluding carboxylic acids is 3. The van der Waals surface area contributed by atoms with E-state index in [0.29, 0.717) is 39.2 Å². The number of fused-ring (bicyclic) bond motifs is 1. The van der Waals surface area contributed by atoms with Crippen molar-refractivity contribution in [2.75, 3.05) is 59.5 Å². The van der Waals surface area contributed by atoms with Crippen LogP contribution in [-0.2, 0) is 20.8 Å². The van der Waals surface area contributed by atoms with Gasteiger partial charge in [-0.2, -0.15) is 0 Å². The number of aliphatic hydroxyl groups is 1. The number of carboxylic acids is 1. The highest BCUT2D eigenvalue weighted by Gasteiger charge is 2.48. The SMILES string of the molecule is CCCCN(CCCO)C(=O)CN1C[C@H](c2ccc3c(c2)CCO3)C(C(=O)O)[C@@H]1CCN1C(=O)CCN(C)C1=O. The fraction of sp³-hybridized carbons (Fsp3) is 0.655. The fourth-order valence-corrected chi connectivity index (χ4v) is 6.16. The lowest BCUT2D eigenvalue weighted by atomic mass is 9.83. The van der Waals surface area contributed by atoms with Gasteiger partial charge in [0, 0.05) is 71.2 Å². The third-order valence-corrected chi connectivity index (χ3v) is 8.40. The Morgan fingerprint density at radius 2 is 1.93 bits per heavy atom. The minimum atomic E-state index is -0.960. The number of urea groups is 1. The number of imide groups is 1. The van der Waals surface area contributed by atoms with Crippen LogP contribution in [0.3, 0.4) is 0 Å². The van der Waals surface area contributed by atoms with Gasteiger partial charge in [0.25, 0.3) is 0 Å². The topological polar surface area (TPSA) is 131 Å². The van der Waals surface area contributed by atoms with Crippen molar-refractivity contribution in [1.29, 1.82) is 0 Å². The third-order valence-electron chi connectivity index (χ3n) is 8.40. The minimum absolute atomic E-state index is 0.0141. The first-order valence-electron chi connectivity index (χ1n) is 14.4. The van der Waals surface area contributed by atoms with Gasteiger partial charge in [-0.15, -0.1) is 0 Å². The Kier molecular flexibility index (Phi) is 10.0. The molecule has 0 saturated carbocycles. The van der Waals surface area contributed by atoms with Gasteiger partial charge in [0.1, 0.15) is 5.75 Å². The Balaban J connectivity index is 1.60. The zero-order chi connectivity index (χ0) is 28.8. The number of hydrogen-bond acceptors (Lipinski definition) is 7. The second kappa shape index (κ2) is 13.5. The number of amides is 4. The van der Waals surface area contributed by atoms with Crippen molar-refractivity contribution in [2.45, 2.75) is 57.4 Å². The van der Waals surface area contributed by atoms with Crippen LogP contribution in [-0.4, -0.2) is 119 Å². The molecule has 2 fully saturated rings. The van der Waals surface area contributed by atoms with E-state index in [9.17, 15) is 29.4 Å². The predicted octanol–water partition coefficient (Wildman–Crippen LogP) is 1.78. The van der Waals surface area contributed by atoms with Crippen LogP contribution in [0.2, 0.25) is 0 Å². The summed E-state index contributed by atoms with van der Waals surface area (Å²) >= 11 is 0. The summed E-state index contributed by atoms with van der Waals surface area (Å²) in [4.78, 5) is 57.9. The molecule has 3 atom stereocenters. The molecule has 220 valence electrons. The van der Waals surface area contributed by atoms with Crippen LogP contribution in [0.25, 0.3) is 0 Å². The Bertz CT molecular complexity index is 1090. The standard InChI is InChI=1S/C29H42N4O7/c1-3-4-11-31(12-5-15-34)26(36)19-32-18-22(20-6-7-24-21(17-20)10-16-40-24)27(28(37)38)23(32)8-14-33-25(35)9-13-30(2)29(33)39/h6-7,17,22-23,27,34H,3-5,8-16,18-19H2,1-2H3,(H,37,38)/t22-,23+,27?/m1/s1. The highest BCUT2D eigenvalue weighted by Crippen LogP contribution is 2.41. The number of benzene rings is 1. The maximum Gasteiger partial charge on any atom is 0.326 e. The molecular weight excluding hydrogens is 516 g/mol. The molecule has 1 aromatic carbocycles. The number of ether oxygens (including phenoxy) is 1. The van der Waals surface area contributed by atoms with Crippen molar-refractivity contribution in [3.8, 4) is 5.75 Å². The molecule has 0 aliphatic carbocycles. The van der Waals surface area contributed by atoms with Crippen molar-refractivity contribution < 1.29 is 34.1 Å². The molecule has 2 N–H and O–H groups in total. The molecule has 4 amide bonds. The van der Waals surface area contributed by atoms with Crippen LogP contribution in [0.15, 0.2) is 18.2 Å². The Hall–Kier alpha value is -3.18. The molecule has 4 rings (SSSR count). The molecule has 1 aromatic rings. The summed E-state index contributed by atoms with van der Waals surface area (Å²) in [5.74, 6) is -1.69. The number of aliphatic hydroxyl groups excluding tert-OH is 1. The summed E-state index contributed by atoms with van der Waals surface area (Å²) in [5.41, 5.74) is 1.94. The lowest BCUT2D eigenvalue weighted by molar-refractivity contribution is -0.144. The van der Waals surface area contributed by atoms with E-state index in [1.54, 1.807) is 11.9 Å². The monoisotopic (exact) mass is 558 g/mol. The summed E-state index contributed by atoms with van der Waals surface area (Å²) in [6.07, 6.45) is 3.49. The van der Waals surface area contributed by atoms with E-state index in [-0.39, 0.29) is 56.3 Å². The molecule has 0 spiro atoms. The Labute approximate surface area is 235 Å². The van der Waals surface area contributed by atoms with Crippen molar-refractivity contribution in [1.82, 2.24) is 19.6 Å². The average molecular weight is 559 g/mol. The van der Waals surface area contributed by atoms with Crippen molar-refractivity contribution >= 4 is 23.8 Å². The summed E-state index contributed by atoms with van der Waals surface area (Å²) in [6, 6.07) is 4.89. The second-order valence-corrected chi connectivity index (χ2v) is 11.0. The first-order chi connectivity index (χ1) is 19.2. The van der Waals surface area contributed by atoms with Gasteiger partial charge >= 0.3 is 12.0 Å². The smallest absolute Gasteiger partial charge is 0.326 e. The van der Waals surface area contributed by atoms with Gasteiger partial charge in [-0.1, -0.05) is 25.5 Å². The molecule has 40 heavy (non-hydrogen) atoms. The number of aliphatic carboxylic acids is 1. The summed E-state index contributed by atoms with van der Waals surface area (Å²) < 4.78 is 5.64. The van der Waals surface area contributed by atoms with E-state index in [0.717, 1.165) is 36.1 Å². The van der Waals surface area contributed by atoms with Crippen LogP contribution < -0.4 is 4.74 Å². The number of likely N-dealkylation sites (tertiary alicyclic amines) is 1. The first-order valence-corrected chi connectivity index (χ1v) is 14.4. The highest BCUT2D eigenvalue weighted by molar-refractivity contribution is 5.96. The third kappa shape index (κ3) is 6.58. The van der Waals surface area contributed by atoms with E-state index in [4.69, 9.17) is 4.74 Å². The highest BCUT2D eigenvalue weighted by atomic mass is 16.5. The molecule has 3 aliphatic heterocycles. The van der Waals surface area contributed by atoms with Gasteiger partial charge in [0.05, 0.1) is 19.1 Å². The quantitative estimate of drug-likeness (QED) is 0.375. The zero-order valence-electron chi connectivity index (χ0n) is 23.6. The van der Waals surface area contributed by atoms with E-state index in [2.05, 4.69) is 6.92 Å². The van der Waals surface area contributed by atoms with Crippen LogP contribution >= 0.6 is 0 Å². The van der Waals surface area contributed by atoms with Gasteiger partial charge in [-0.25, -0.2) is 4.79 Å². The second-order valence-electron chi connectivity index (χ2n) is 11.0. The maximum atomic E-state index is 13.5. The zero-order valence-corrected chi connectivity index (χ0v) is 23.6. The van der Waals surface area contributed by atoms with Gasteiger partial charge in [0.2, 0.25) is 11.8 Å². The molecule has 1 unspecified atom stereocenters. The molecule has 0 aromatic heterocycles. The van der Waals surface area contributed by atoms with E-state index >= 15 is 0 Å². The Morgan fingerprint density at radius 3 is 2.65 bits per heavy atom. The lowest BCUT2D eigenvalue weighted by Crippen LogP contribution is -2.52. The molecule has 2 saturated heterocycles. The van der Waals surface area contributed by atoms with Crippen LogP contribution in [0.1, 0.15) is 56.1 Å². The average Bonchev–Trinajstić information content (AvgIpc) is 3.55. The number of hydrogen-bond donors (Lipinski definition) is 2. The predicted molar refractivity (Wildman–Crippen MR) is 147 cm³/mol. The van der Waals surface area contributed by atoms with Gasteiger partial charge in [-0.05, 0) is 36.5 Å². The summed E-state index contributed by atoms with van der Waals surface area (Å²) in [7, 11) is 1.65.